The van der Waals surface area contributed by atoms with Gasteiger partial charge in [0.2, 0.25) is 6.33 Å². The molecule has 4 heteroatoms. The summed E-state index contributed by atoms with van der Waals surface area (Å²) in [6, 6.07) is 17.1. The van der Waals surface area contributed by atoms with Gasteiger partial charge in [-0.05, 0) is 30.5 Å². The highest BCUT2D eigenvalue weighted by molar-refractivity contribution is 5.24. The van der Waals surface area contributed by atoms with E-state index >= 15 is 0 Å². The lowest BCUT2D eigenvalue weighted by Crippen LogP contribution is -3.00. The highest BCUT2D eigenvalue weighted by Gasteiger charge is 2.08. The monoisotopic (exact) mass is 313 g/mol. The summed E-state index contributed by atoms with van der Waals surface area (Å²) in [5.41, 5.74) is 5.20. The second-order valence-electron chi connectivity index (χ2n) is 5.53. The Morgan fingerprint density at radius 2 is 1.73 bits per heavy atom. The quantitative estimate of drug-likeness (QED) is 0.616. The van der Waals surface area contributed by atoms with E-state index in [0.29, 0.717) is 0 Å². The molecule has 0 spiro atoms. The molecule has 0 aliphatic carbocycles. The predicted octanol–water partition coefficient (Wildman–Crippen LogP) is -0.112. The summed E-state index contributed by atoms with van der Waals surface area (Å²) in [5.74, 6) is 0. The standard InChI is InChI=1S/C18H20N3.ClH/c1-15-7-9-17(10-8-15)11-21-14-20(13-19-21)12-18-6-4-3-5-16(18)2;/h3-10,13-14H,11-12H2,1-2H3;1H/q+1;/p-1. The molecule has 0 aliphatic rings. The maximum Gasteiger partial charge on any atom is 0.265 e. The predicted molar refractivity (Wildman–Crippen MR) is 83.0 cm³/mol. The van der Waals surface area contributed by atoms with Gasteiger partial charge in [0.05, 0.1) is 6.54 Å². The largest absolute Gasteiger partial charge is 1.00 e. The highest BCUT2D eigenvalue weighted by Crippen LogP contribution is 2.06. The average Bonchev–Trinajstić information content (AvgIpc) is 2.91. The molecule has 3 nitrogen and oxygen atoms in total. The van der Waals surface area contributed by atoms with E-state index in [4.69, 9.17) is 0 Å². The Morgan fingerprint density at radius 1 is 1.00 bits per heavy atom. The van der Waals surface area contributed by atoms with Gasteiger partial charge in [-0.2, -0.15) is 0 Å². The molecule has 3 aromatic rings. The lowest BCUT2D eigenvalue weighted by Gasteiger charge is -2.02. The molecular weight excluding hydrogens is 294 g/mol. The molecule has 22 heavy (non-hydrogen) atoms. The molecular formula is C18H20ClN3. The summed E-state index contributed by atoms with van der Waals surface area (Å²) in [5, 5.41) is 4.44. The van der Waals surface area contributed by atoms with Crippen LogP contribution in [0.1, 0.15) is 22.3 Å². The molecule has 1 heterocycles. The minimum atomic E-state index is 0. The van der Waals surface area contributed by atoms with Crippen molar-refractivity contribution in [2.45, 2.75) is 26.9 Å². The van der Waals surface area contributed by atoms with Gasteiger partial charge >= 0.3 is 0 Å². The number of rotatable bonds is 4. The number of aryl methyl sites for hydroxylation is 2. The van der Waals surface area contributed by atoms with Crippen LogP contribution in [0.25, 0.3) is 0 Å². The molecule has 114 valence electrons. The first-order chi connectivity index (χ1) is 10.2. The zero-order valence-electron chi connectivity index (χ0n) is 12.9. The number of hydrogen-bond acceptors (Lipinski definition) is 1. The minimum Gasteiger partial charge on any atom is -1.00 e. The highest BCUT2D eigenvalue weighted by atomic mass is 35.5. The van der Waals surface area contributed by atoms with Crippen molar-refractivity contribution in [2.75, 3.05) is 0 Å². The summed E-state index contributed by atoms with van der Waals surface area (Å²) in [6.45, 7) is 5.92. The number of hydrogen-bond donors (Lipinski definition) is 0. The molecule has 0 saturated carbocycles. The van der Waals surface area contributed by atoms with Crippen molar-refractivity contribution in [2.24, 2.45) is 0 Å². The Kier molecular flexibility index (Phi) is 5.34. The van der Waals surface area contributed by atoms with E-state index in [1.54, 1.807) is 0 Å². The van der Waals surface area contributed by atoms with Crippen LogP contribution < -0.4 is 17.0 Å². The van der Waals surface area contributed by atoms with E-state index < -0.39 is 0 Å². The van der Waals surface area contributed by atoms with E-state index in [1.165, 1.54) is 22.3 Å². The molecule has 0 amide bonds. The van der Waals surface area contributed by atoms with Gasteiger partial charge in [-0.3, -0.25) is 0 Å². The first-order valence-electron chi connectivity index (χ1n) is 7.22. The van der Waals surface area contributed by atoms with E-state index in [-0.39, 0.29) is 12.4 Å². The first kappa shape index (κ1) is 16.2. The molecule has 1 aromatic heterocycles. The van der Waals surface area contributed by atoms with Gasteiger partial charge < -0.3 is 12.4 Å². The lowest BCUT2D eigenvalue weighted by molar-refractivity contribution is -0.689. The second-order valence-corrected chi connectivity index (χ2v) is 5.53. The lowest BCUT2D eigenvalue weighted by atomic mass is 10.1. The fourth-order valence-corrected chi connectivity index (χ4v) is 2.39. The Bertz CT molecular complexity index is 732. The van der Waals surface area contributed by atoms with Crippen LogP contribution in [0, 0.1) is 13.8 Å². The summed E-state index contributed by atoms with van der Waals surface area (Å²) in [7, 11) is 0. The van der Waals surface area contributed by atoms with Crippen molar-refractivity contribution in [3.8, 4) is 0 Å². The van der Waals surface area contributed by atoms with Gasteiger partial charge in [-0.15, -0.1) is 4.68 Å². The normalized spacial score (nSPS) is 10.3. The molecule has 0 saturated heterocycles. The van der Waals surface area contributed by atoms with Crippen molar-refractivity contribution in [3.05, 3.63) is 83.4 Å². The third-order valence-corrected chi connectivity index (χ3v) is 3.71. The SMILES string of the molecule is Cc1ccc(Cn2c[n+](Cc3ccccc3C)cn2)cc1.[Cl-]. The maximum atomic E-state index is 4.44. The Morgan fingerprint density at radius 3 is 2.45 bits per heavy atom. The molecule has 3 rings (SSSR count). The van der Waals surface area contributed by atoms with Crippen LogP contribution in [0.4, 0.5) is 0 Å². The van der Waals surface area contributed by atoms with Gasteiger partial charge in [0, 0.05) is 5.10 Å². The van der Waals surface area contributed by atoms with Crippen LogP contribution >= 0.6 is 0 Å². The smallest absolute Gasteiger partial charge is 0.265 e. The number of benzene rings is 2. The molecule has 0 fully saturated rings. The number of aromatic nitrogens is 3. The van der Waals surface area contributed by atoms with Gasteiger partial charge in [0.25, 0.3) is 6.33 Å². The van der Waals surface area contributed by atoms with Crippen LogP contribution in [0.3, 0.4) is 0 Å². The third kappa shape index (κ3) is 3.95. The Hall–Kier alpha value is -2.13. The summed E-state index contributed by atoms with van der Waals surface area (Å²) in [4.78, 5) is 0. The zero-order valence-corrected chi connectivity index (χ0v) is 13.7. The van der Waals surface area contributed by atoms with E-state index in [9.17, 15) is 0 Å². The average molecular weight is 314 g/mol. The van der Waals surface area contributed by atoms with Crippen LogP contribution in [0.5, 0.6) is 0 Å². The van der Waals surface area contributed by atoms with Gasteiger partial charge in [0.1, 0.15) is 6.54 Å². The van der Waals surface area contributed by atoms with E-state index in [0.717, 1.165) is 13.1 Å². The fraction of sp³-hybridized carbons (Fsp3) is 0.222. The molecule has 0 radical (unpaired) electrons. The fourth-order valence-electron chi connectivity index (χ4n) is 2.39. The first-order valence-corrected chi connectivity index (χ1v) is 7.22. The third-order valence-electron chi connectivity index (χ3n) is 3.71. The van der Waals surface area contributed by atoms with Crippen molar-refractivity contribution in [3.63, 3.8) is 0 Å². The van der Waals surface area contributed by atoms with Crippen molar-refractivity contribution in [1.29, 1.82) is 0 Å². The molecule has 2 aromatic carbocycles. The van der Waals surface area contributed by atoms with Crippen molar-refractivity contribution >= 4 is 0 Å². The molecule has 0 N–H and O–H groups in total. The van der Waals surface area contributed by atoms with E-state index in [1.807, 2.05) is 11.0 Å². The van der Waals surface area contributed by atoms with Crippen LogP contribution in [-0.4, -0.2) is 9.78 Å². The second kappa shape index (κ2) is 7.23. The van der Waals surface area contributed by atoms with Gasteiger partial charge in [-0.25, -0.2) is 4.57 Å². The van der Waals surface area contributed by atoms with Crippen LogP contribution in [0.15, 0.2) is 61.2 Å². The molecule has 0 unspecified atom stereocenters. The molecule has 0 bridgehead atoms. The zero-order chi connectivity index (χ0) is 14.7. The van der Waals surface area contributed by atoms with Crippen molar-refractivity contribution < 1.29 is 17.0 Å². The number of nitrogens with zero attached hydrogens (tertiary/aromatic N) is 3. The Labute approximate surface area is 137 Å². The van der Waals surface area contributed by atoms with Crippen LogP contribution in [0.2, 0.25) is 0 Å². The maximum absolute atomic E-state index is 4.44. The summed E-state index contributed by atoms with van der Waals surface area (Å²) < 4.78 is 4.10. The topological polar surface area (TPSA) is 21.7 Å². The van der Waals surface area contributed by atoms with Crippen LogP contribution in [-0.2, 0) is 13.1 Å². The molecule has 0 atom stereocenters. The van der Waals surface area contributed by atoms with Gasteiger partial charge in [0.15, 0.2) is 0 Å². The van der Waals surface area contributed by atoms with Gasteiger partial charge in [-0.1, -0.05) is 54.1 Å². The van der Waals surface area contributed by atoms with E-state index in [2.05, 4.69) is 78.4 Å². The Balaban J connectivity index is 0.00000176. The summed E-state index contributed by atoms with van der Waals surface area (Å²) >= 11 is 0. The molecule has 0 aliphatic heterocycles. The minimum absolute atomic E-state index is 0. The number of halogens is 1. The van der Waals surface area contributed by atoms with Crippen molar-refractivity contribution in [1.82, 2.24) is 9.78 Å². The summed E-state index contributed by atoms with van der Waals surface area (Å²) in [6.07, 6.45) is 3.95.